The number of fused-ring (bicyclic) bond motifs is 8. The lowest BCUT2D eigenvalue weighted by atomic mass is 9.84. The van der Waals surface area contributed by atoms with Crippen LogP contribution in [0.15, 0.2) is 18.2 Å². The van der Waals surface area contributed by atoms with Gasteiger partial charge in [0.05, 0.1) is 30.9 Å². The highest BCUT2D eigenvalue weighted by atomic mass is 16.5. The number of ketones is 2. The Morgan fingerprint density at radius 3 is 2.13 bits per heavy atom. The number of methoxy groups -OCH3 is 2. The van der Waals surface area contributed by atoms with Gasteiger partial charge in [-0.2, -0.15) is 0 Å². The van der Waals surface area contributed by atoms with Crippen molar-refractivity contribution in [2.24, 2.45) is 0 Å². The zero-order valence-corrected chi connectivity index (χ0v) is 27.6. The molecule has 3 aliphatic rings. The van der Waals surface area contributed by atoms with Crippen LogP contribution in [0.2, 0.25) is 0 Å². The number of rotatable bonds is 6. The van der Waals surface area contributed by atoms with Crippen LogP contribution in [0.3, 0.4) is 0 Å². The van der Waals surface area contributed by atoms with E-state index in [0.717, 1.165) is 40.0 Å². The quantitative estimate of drug-likeness (QED) is 0.175. The van der Waals surface area contributed by atoms with Crippen LogP contribution in [0.5, 0.6) is 0 Å². The number of Topliss-reactive ketones (excluding diaryl/α,β-unsaturated/α-hetero) is 2. The summed E-state index contributed by atoms with van der Waals surface area (Å²) in [6.45, 7) is 11.7. The maximum absolute atomic E-state index is 14.1. The highest BCUT2D eigenvalue weighted by Crippen LogP contribution is 2.48. The van der Waals surface area contributed by atoms with Crippen LogP contribution in [0.1, 0.15) is 137 Å². The SMILES string of the molecule is CC[C@H]1c2cc3[nH]c4c(c3C)C(=O)C(C(=O)OC)c4c3nc(cc4[nH]c(cc(n2)[C@@H]1C)c(C(C)=O)c4C)[C@@H](C)[C@@H]3CCC(=O)OC. The summed E-state index contributed by atoms with van der Waals surface area (Å²) in [4.78, 5) is 69.8. The number of nitrogens with one attached hydrogen (secondary N) is 2. The number of nitrogens with zero attached hydrogens (tertiary/aromatic N) is 2. The molecule has 0 aromatic carbocycles. The van der Waals surface area contributed by atoms with Gasteiger partial charge in [-0.05, 0) is 62.9 Å². The summed E-state index contributed by atoms with van der Waals surface area (Å²) in [5.41, 5.74) is 8.84. The van der Waals surface area contributed by atoms with Crippen molar-refractivity contribution in [3.05, 3.63) is 68.8 Å². The van der Waals surface area contributed by atoms with Crippen LogP contribution in [-0.4, -0.2) is 57.7 Å². The molecule has 0 saturated carbocycles. The molecule has 0 radical (unpaired) electrons. The Kier molecular flexibility index (Phi) is 7.94. The molecule has 0 amide bonds. The van der Waals surface area contributed by atoms with Gasteiger partial charge in [0.1, 0.15) is 5.92 Å². The molecule has 1 unspecified atom stereocenters. The summed E-state index contributed by atoms with van der Waals surface area (Å²) in [7, 11) is 2.63. The zero-order chi connectivity index (χ0) is 33.2. The number of ether oxygens (including phenoxy) is 2. The number of aromatic amines is 2. The van der Waals surface area contributed by atoms with Crippen molar-refractivity contribution >= 4 is 45.6 Å². The molecular formula is C36H40N4O6. The molecule has 8 bridgehead atoms. The van der Waals surface area contributed by atoms with E-state index >= 15 is 0 Å². The van der Waals surface area contributed by atoms with Crippen LogP contribution in [0.25, 0.3) is 22.1 Å². The van der Waals surface area contributed by atoms with Gasteiger partial charge in [-0.25, -0.2) is 0 Å². The third-order valence-electron chi connectivity index (χ3n) is 10.3. The summed E-state index contributed by atoms with van der Waals surface area (Å²) < 4.78 is 10.1. The van der Waals surface area contributed by atoms with E-state index in [9.17, 15) is 19.2 Å². The first-order valence-electron chi connectivity index (χ1n) is 15.9. The Balaban J connectivity index is 1.79. The van der Waals surface area contributed by atoms with E-state index < -0.39 is 11.9 Å². The van der Waals surface area contributed by atoms with Gasteiger partial charge in [-0.15, -0.1) is 0 Å². The second-order valence-corrected chi connectivity index (χ2v) is 12.8. The second kappa shape index (κ2) is 11.6. The third-order valence-corrected chi connectivity index (χ3v) is 10.3. The van der Waals surface area contributed by atoms with E-state index in [4.69, 9.17) is 19.4 Å². The molecule has 1 aliphatic carbocycles. The third kappa shape index (κ3) is 4.77. The number of hydrogen-bond donors (Lipinski definition) is 2. The van der Waals surface area contributed by atoms with Crippen LogP contribution >= 0.6 is 0 Å². The molecule has 6 rings (SSSR count). The fourth-order valence-electron chi connectivity index (χ4n) is 7.71. The molecule has 2 aliphatic heterocycles. The van der Waals surface area contributed by atoms with Crippen molar-refractivity contribution in [1.82, 2.24) is 19.9 Å². The fraction of sp³-hybridized carbons (Fsp3) is 0.444. The summed E-state index contributed by atoms with van der Waals surface area (Å²) >= 11 is 0. The van der Waals surface area contributed by atoms with Crippen molar-refractivity contribution < 1.29 is 28.7 Å². The smallest absolute Gasteiger partial charge is 0.321 e. The first-order valence-corrected chi connectivity index (χ1v) is 15.9. The van der Waals surface area contributed by atoms with Crippen molar-refractivity contribution in [3.8, 4) is 0 Å². The molecule has 0 spiro atoms. The number of carbonyl (C=O) groups excluding carboxylic acids is 4. The summed E-state index contributed by atoms with van der Waals surface area (Å²) in [6, 6.07) is 5.92. The van der Waals surface area contributed by atoms with Crippen LogP contribution < -0.4 is 0 Å². The van der Waals surface area contributed by atoms with E-state index in [1.165, 1.54) is 14.2 Å². The average Bonchev–Trinajstić information content (AvgIpc) is 3.76. The summed E-state index contributed by atoms with van der Waals surface area (Å²) in [5.74, 6) is -2.84. The number of hydrogen-bond acceptors (Lipinski definition) is 8. The first-order chi connectivity index (χ1) is 21.9. The Morgan fingerprint density at radius 1 is 0.848 bits per heavy atom. The highest BCUT2D eigenvalue weighted by molar-refractivity contribution is 6.23. The maximum Gasteiger partial charge on any atom is 0.321 e. The minimum Gasteiger partial charge on any atom is -0.469 e. The fourth-order valence-corrected chi connectivity index (χ4v) is 7.71. The number of carbonyl (C=O) groups is 4. The molecule has 2 N–H and O–H groups in total. The van der Waals surface area contributed by atoms with Crippen LogP contribution in [-0.2, 0) is 19.1 Å². The number of aromatic nitrogens is 4. The molecule has 3 aromatic heterocycles. The van der Waals surface area contributed by atoms with Crippen molar-refractivity contribution in [1.29, 1.82) is 0 Å². The molecule has 10 nitrogen and oxygen atoms in total. The molecular weight excluding hydrogens is 584 g/mol. The van der Waals surface area contributed by atoms with Crippen LogP contribution in [0, 0.1) is 13.8 Å². The minimum absolute atomic E-state index is 0.0565. The number of aryl methyl sites for hydroxylation is 2. The molecule has 0 saturated heterocycles. The topological polar surface area (TPSA) is 144 Å². The predicted molar refractivity (Wildman–Crippen MR) is 173 cm³/mol. The lowest BCUT2D eigenvalue weighted by Crippen LogP contribution is -2.21. The summed E-state index contributed by atoms with van der Waals surface area (Å²) in [6.07, 6.45) is 1.39. The molecule has 5 atom stereocenters. The molecule has 3 aromatic rings. The van der Waals surface area contributed by atoms with E-state index in [1.54, 1.807) is 6.92 Å². The maximum atomic E-state index is 14.1. The minimum atomic E-state index is -1.19. The van der Waals surface area contributed by atoms with Gasteiger partial charge in [0.15, 0.2) is 11.6 Å². The van der Waals surface area contributed by atoms with Gasteiger partial charge in [-0.1, -0.05) is 20.8 Å². The molecule has 240 valence electrons. The molecule has 46 heavy (non-hydrogen) atoms. The van der Waals surface area contributed by atoms with E-state index in [0.29, 0.717) is 45.5 Å². The van der Waals surface area contributed by atoms with E-state index in [-0.39, 0.29) is 47.6 Å². The van der Waals surface area contributed by atoms with Gasteiger partial charge < -0.3 is 19.4 Å². The Bertz CT molecular complexity index is 1990. The normalized spacial score (nSPS) is 21.8. The Hall–Kier alpha value is -4.60. The highest BCUT2D eigenvalue weighted by Gasteiger charge is 2.45. The van der Waals surface area contributed by atoms with Crippen molar-refractivity contribution in [3.63, 3.8) is 0 Å². The number of H-pyrrole nitrogens is 2. The average molecular weight is 625 g/mol. The molecule has 10 heteroatoms. The van der Waals surface area contributed by atoms with Gasteiger partial charge in [0.2, 0.25) is 0 Å². The largest absolute Gasteiger partial charge is 0.469 e. The monoisotopic (exact) mass is 624 g/mol. The summed E-state index contributed by atoms with van der Waals surface area (Å²) in [5, 5.41) is 0. The zero-order valence-electron chi connectivity index (χ0n) is 27.6. The van der Waals surface area contributed by atoms with E-state index in [2.05, 4.69) is 23.8 Å². The lowest BCUT2D eigenvalue weighted by molar-refractivity contribution is -0.142. The van der Waals surface area contributed by atoms with Crippen LogP contribution in [0.4, 0.5) is 0 Å². The van der Waals surface area contributed by atoms with Crippen molar-refractivity contribution in [2.45, 2.75) is 90.4 Å². The first kappa shape index (κ1) is 31.4. The van der Waals surface area contributed by atoms with Gasteiger partial charge in [0.25, 0.3) is 0 Å². The molecule has 0 fully saturated rings. The van der Waals surface area contributed by atoms with Gasteiger partial charge in [-0.3, -0.25) is 29.1 Å². The Labute approximate surface area is 267 Å². The Morgan fingerprint density at radius 2 is 1.48 bits per heavy atom. The number of esters is 2. The second-order valence-electron chi connectivity index (χ2n) is 12.8. The standard InChI is InChI=1S/C36H40N4O6/c1-9-20-15(2)22-14-27-29(19(6)41)17(4)24(38-27)12-23-16(3)21(10-11-28(42)45-7)33(39-23)31-32(36(44)46-8)35(43)30-18(5)25(40-34(30)31)13-26(20)37-22/h12-16,20-21,32,38,40H,9-11H2,1-8H3/t15-,16+,20-,21+,32?/m1/s1. The van der Waals surface area contributed by atoms with Crippen molar-refractivity contribution in [2.75, 3.05) is 14.2 Å². The van der Waals surface area contributed by atoms with Gasteiger partial charge in [0, 0.05) is 74.9 Å². The predicted octanol–water partition coefficient (Wildman–Crippen LogP) is 6.72. The molecule has 5 heterocycles. The lowest BCUT2D eigenvalue weighted by Gasteiger charge is -2.18. The van der Waals surface area contributed by atoms with E-state index in [1.807, 2.05) is 39.0 Å². The van der Waals surface area contributed by atoms with Gasteiger partial charge >= 0.3 is 11.9 Å².